The van der Waals surface area contributed by atoms with E-state index in [9.17, 15) is 4.79 Å². The number of rotatable bonds is 7. The van der Waals surface area contributed by atoms with Gasteiger partial charge in [0.1, 0.15) is 0 Å². The van der Waals surface area contributed by atoms with Gasteiger partial charge in [0.2, 0.25) is 11.6 Å². The normalized spacial score (nSPS) is 11.1. The Bertz CT molecular complexity index is 1240. The highest BCUT2D eigenvalue weighted by molar-refractivity contribution is 6.30. The van der Waals surface area contributed by atoms with Gasteiger partial charge in [-0.2, -0.15) is 9.78 Å². The van der Waals surface area contributed by atoms with Crippen molar-refractivity contribution in [3.8, 4) is 5.82 Å². The van der Waals surface area contributed by atoms with E-state index in [-0.39, 0.29) is 23.9 Å². The third kappa shape index (κ3) is 4.57. The van der Waals surface area contributed by atoms with Gasteiger partial charge in [0.15, 0.2) is 5.69 Å². The van der Waals surface area contributed by atoms with Gasteiger partial charge in [-0.25, -0.2) is 10.1 Å². The van der Waals surface area contributed by atoms with E-state index in [4.69, 9.17) is 17.3 Å². The number of nitrogens with two attached hydrogens (primary N) is 1. The number of carbonyl (C=O) groups excluding carboxylic acids is 1. The molecular weight excluding hydrogens is 434 g/mol. The SMILES string of the molecule is CN(Cc1c(C(=O)N/N=C/c2ccc(Cl)cc2)nnn1-c1nonc1N)c1ccccc1. The molecule has 0 atom stereocenters. The van der Waals surface area contributed by atoms with Crippen LogP contribution >= 0.6 is 11.6 Å². The molecule has 12 heteroatoms. The third-order valence-electron chi connectivity index (χ3n) is 4.51. The van der Waals surface area contributed by atoms with Gasteiger partial charge >= 0.3 is 0 Å². The molecule has 4 aromatic rings. The van der Waals surface area contributed by atoms with Crippen molar-refractivity contribution < 1.29 is 9.42 Å². The molecule has 0 saturated heterocycles. The van der Waals surface area contributed by atoms with E-state index >= 15 is 0 Å². The molecule has 3 N–H and O–H groups in total. The number of nitrogens with zero attached hydrogens (tertiary/aromatic N) is 7. The van der Waals surface area contributed by atoms with Crippen molar-refractivity contribution in [3.05, 3.63) is 76.6 Å². The lowest BCUT2D eigenvalue weighted by Gasteiger charge is -2.19. The van der Waals surface area contributed by atoms with Gasteiger partial charge in [-0.05, 0) is 40.1 Å². The Balaban J connectivity index is 1.61. The van der Waals surface area contributed by atoms with Gasteiger partial charge in [0.05, 0.1) is 18.5 Å². The average Bonchev–Trinajstić information content (AvgIpc) is 3.41. The van der Waals surface area contributed by atoms with E-state index in [0.29, 0.717) is 10.7 Å². The number of amides is 1. The summed E-state index contributed by atoms with van der Waals surface area (Å²) in [5.41, 5.74) is 10.5. The van der Waals surface area contributed by atoms with Gasteiger partial charge in [-0.3, -0.25) is 4.79 Å². The van der Waals surface area contributed by atoms with Gasteiger partial charge < -0.3 is 10.6 Å². The predicted molar refractivity (Wildman–Crippen MR) is 119 cm³/mol. The number of anilines is 2. The Morgan fingerprint density at radius 2 is 1.97 bits per heavy atom. The number of hydrogen-bond donors (Lipinski definition) is 2. The quantitative estimate of drug-likeness (QED) is 0.322. The zero-order valence-electron chi connectivity index (χ0n) is 16.9. The Hall–Kier alpha value is -4.25. The highest BCUT2D eigenvalue weighted by Crippen LogP contribution is 2.20. The van der Waals surface area contributed by atoms with Crippen molar-refractivity contribution >= 4 is 35.2 Å². The number of benzene rings is 2. The molecule has 4 rings (SSSR count). The number of hydrazone groups is 1. The topological polar surface area (TPSA) is 140 Å². The molecular formula is C20H18ClN9O2. The summed E-state index contributed by atoms with van der Waals surface area (Å²) in [4.78, 5) is 14.7. The lowest BCUT2D eigenvalue weighted by molar-refractivity contribution is 0.0949. The summed E-state index contributed by atoms with van der Waals surface area (Å²) < 4.78 is 6.00. The molecule has 2 aromatic heterocycles. The van der Waals surface area contributed by atoms with Crippen LogP contribution in [0.15, 0.2) is 64.3 Å². The highest BCUT2D eigenvalue weighted by atomic mass is 35.5. The van der Waals surface area contributed by atoms with Crippen LogP contribution in [-0.4, -0.2) is 44.5 Å². The van der Waals surface area contributed by atoms with Crippen LogP contribution in [-0.2, 0) is 6.54 Å². The standard InChI is InChI=1S/C20H18ClN9O2/c1-29(15-5-3-2-4-6-15)12-16-17(24-28-30(16)19-18(22)26-32-27-19)20(31)25-23-11-13-7-9-14(21)10-8-13/h2-11H,12H2,1H3,(H2,22,26)(H,25,31)/b23-11+. The molecule has 0 spiro atoms. The van der Waals surface area contributed by atoms with Crippen molar-refractivity contribution in [2.45, 2.75) is 6.54 Å². The molecule has 0 radical (unpaired) electrons. The molecule has 162 valence electrons. The van der Waals surface area contributed by atoms with Gasteiger partial charge in [-0.1, -0.05) is 47.1 Å². The van der Waals surface area contributed by atoms with Gasteiger partial charge in [0, 0.05) is 17.8 Å². The second-order valence-electron chi connectivity index (χ2n) is 6.71. The van der Waals surface area contributed by atoms with E-state index in [0.717, 1.165) is 11.3 Å². The minimum Gasteiger partial charge on any atom is -0.378 e. The van der Waals surface area contributed by atoms with Crippen molar-refractivity contribution in [2.75, 3.05) is 17.7 Å². The molecule has 0 aliphatic rings. The second-order valence-corrected chi connectivity index (χ2v) is 7.15. The summed E-state index contributed by atoms with van der Waals surface area (Å²) in [6.07, 6.45) is 1.49. The highest BCUT2D eigenvalue weighted by Gasteiger charge is 2.25. The maximum absolute atomic E-state index is 12.8. The number of halogens is 1. The summed E-state index contributed by atoms with van der Waals surface area (Å²) >= 11 is 5.87. The number of para-hydroxylation sites is 1. The Kier molecular flexibility index (Phi) is 6.08. The Morgan fingerprint density at radius 1 is 1.22 bits per heavy atom. The molecule has 0 bridgehead atoms. The molecule has 0 unspecified atom stereocenters. The van der Waals surface area contributed by atoms with E-state index in [1.807, 2.05) is 42.3 Å². The fourth-order valence-electron chi connectivity index (χ4n) is 2.89. The zero-order chi connectivity index (χ0) is 22.5. The smallest absolute Gasteiger partial charge is 0.293 e. The molecule has 32 heavy (non-hydrogen) atoms. The predicted octanol–water partition coefficient (Wildman–Crippen LogP) is 2.29. The van der Waals surface area contributed by atoms with Crippen LogP contribution in [0.25, 0.3) is 5.82 Å². The first kappa shape index (κ1) is 21.0. The van der Waals surface area contributed by atoms with Crippen LogP contribution in [0.5, 0.6) is 0 Å². The van der Waals surface area contributed by atoms with Crippen molar-refractivity contribution in [1.29, 1.82) is 0 Å². The first-order chi connectivity index (χ1) is 15.5. The zero-order valence-corrected chi connectivity index (χ0v) is 17.6. The summed E-state index contributed by atoms with van der Waals surface area (Å²) in [6.45, 7) is 0.271. The molecule has 0 aliphatic heterocycles. The maximum atomic E-state index is 12.8. The minimum absolute atomic E-state index is 0.0197. The van der Waals surface area contributed by atoms with E-state index in [2.05, 4.69) is 35.8 Å². The molecule has 0 saturated carbocycles. The second kappa shape index (κ2) is 9.27. The summed E-state index contributed by atoms with van der Waals surface area (Å²) in [5.74, 6) is -0.392. The van der Waals surface area contributed by atoms with Crippen molar-refractivity contribution in [2.24, 2.45) is 5.10 Å². The molecule has 2 heterocycles. The lowest BCUT2D eigenvalue weighted by Crippen LogP contribution is -2.24. The van der Waals surface area contributed by atoms with Crippen LogP contribution in [0, 0.1) is 0 Å². The van der Waals surface area contributed by atoms with Crippen LogP contribution in [0.4, 0.5) is 11.5 Å². The number of hydrogen-bond acceptors (Lipinski definition) is 9. The largest absolute Gasteiger partial charge is 0.378 e. The Morgan fingerprint density at radius 3 is 2.66 bits per heavy atom. The summed E-state index contributed by atoms with van der Waals surface area (Å²) in [6, 6.07) is 16.6. The molecule has 0 fully saturated rings. The number of carbonyl (C=O) groups is 1. The van der Waals surface area contributed by atoms with Crippen LogP contribution in [0.3, 0.4) is 0 Å². The number of nitrogens with one attached hydrogen (secondary N) is 1. The van der Waals surface area contributed by atoms with Crippen LogP contribution in [0.1, 0.15) is 21.7 Å². The summed E-state index contributed by atoms with van der Waals surface area (Å²) in [7, 11) is 1.87. The molecule has 11 nitrogen and oxygen atoms in total. The molecule has 1 amide bonds. The number of aromatic nitrogens is 5. The van der Waals surface area contributed by atoms with E-state index < -0.39 is 5.91 Å². The van der Waals surface area contributed by atoms with E-state index in [1.54, 1.807) is 24.3 Å². The fraction of sp³-hybridized carbons (Fsp3) is 0.100. The lowest BCUT2D eigenvalue weighted by atomic mass is 10.2. The Labute approximate surface area is 187 Å². The first-order valence-corrected chi connectivity index (χ1v) is 9.79. The average molecular weight is 452 g/mol. The molecule has 0 aliphatic carbocycles. The monoisotopic (exact) mass is 451 g/mol. The molecule has 2 aromatic carbocycles. The number of nitrogen functional groups attached to an aromatic ring is 1. The van der Waals surface area contributed by atoms with E-state index in [1.165, 1.54) is 10.9 Å². The summed E-state index contributed by atoms with van der Waals surface area (Å²) in [5, 5.41) is 20.0. The first-order valence-electron chi connectivity index (χ1n) is 9.41. The van der Waals surface area contributed by atoms with Crippen molar-refractivity contribution in [1.82, 2.24) is 30.7 Å². The third-order valence-corrected chi connectivity index (χ3v) is 4.76. The maximum Gasteiger partial charge on any atom is 0.293 e. The van der Waals surface area contributed by atoms with Crippen LogP contribution < -0.4 is 16.1 Å². The fourth-order valence-corrected chi connectivity index (χ4v) is 3.02. The van der Waals surface area contributed by atoms with Gasteiger partial charge in [-0.15, -0.1) is 5.10 Å². The minimum atomic E-state index is -0.548. The van der Waals surface area contributed by atoms with Crippen LogP contribution in [0.2, 0.25) is 5.02 Å². The van der Waals surface area contributed by atoms with Crippen molar-refractivity contribution in [3.63, 3.8) is 0 Å². The van der Waals surface area contributed by atoms with Gasteiger partial charge in [0.25, 0.3) is 5.91 Å².